The Hall–Kier alpha value is -2.96. The number of pyridine rings is 1. The van der Waals surface area contributed by atoms with E-state index in [2.05, 4.69) is 10.1 Å². The van der Waals surface area contributed by atoms with Crippen LogP contribution in [0.4, 0.5) is 4.39 Å². The number of para-hydroxylation sites is 1. The predicted octanol–water partition coefficient (Wildman–Crippen LogP) is 3.29. The molecule has 1 aromatic carbocycles. The van der Waals surface area contributed by atoms with Crippen LogP contribution in [-0.2, 0) is 0 Å². The summed E-state index contributed by atoms with van der Waals surface area (Å²) in [5, 5.41) is 4.45. The zero-order valence-electron chi connectivity index (χ0n) is 14.1. The number of benzene rings is 1. The molecule has 26 heavy (non-hydrogen) atoms. The van der Waals surface area contributed by atoms with Crippen molar-refractivity contribution < 1.29 is 18.4 Å². The number of carbonyl (C=O) groups excluding carboxylic acids is 1. The topological polar surface area (TPSA) is 68.5 Å². The zero-order chi connectivity index (χ0) is 17.9. The predicted molar refractivity (Wildman–Crippen MR) is 92.3 cm³/mol. The van der Waals surface area contributed by atoms with Gasteiger partial charge in [-0.1, -0.05) is 17.3 Å². The first-order valence-electron chi connectivity index (χ1n) is 8.59. The fourth-order valence-electron chi connectivity index (χ4n) is 3.24. The van der Waals surface area contributed by atoms with Gasteiger partial charge < -0.3 is 14.2 Å². The molecule has 1 fully saturated rings. The van der Waals surface area contributed by atoms with Gasteiger partial charge in [-0.25, -0.2) is 9.37 Å². The van der Waals surface area contributed by atoms with Crippen LogP contribution in [0.2, 0.25) is 0 Å². The minimum atomic E-state index is -0.378. The maximum atomic E-state index is 13.7. The lowest BCUT2D eigenvalue weighted by Crippen LogP contribution is -2.41. The van der Waals surface area contributed by atoms with Crippen molar-refractivity contribution in [3.63, 3.8) is 0 Å². The summed E-state index contributed by atoms with van der Waals surface area (Å²) in [6.07, 6.45) is 3.40. The maximum Gasteiger partial charge on any atom is 0.293 e. The molecule has 3 aromatic rings. The van der Waals surface area contributed by atoms with Gasteiger partial charge in [-0.2, -0.15) is 0 Å². The molecule has 6 nitrogen and oxygen atoms in total. The molecule has 1 atom stereocenters. The van der Waals surface area contributed by atoms with E-state index in [1.165, 1.54) is 6.07 Å². The third kappa shape index (κ3) is 3.24. The summed E-state index contributed by atoms with van der Waals surface area (Å²) in [7, 11) is 0. The molecule has 0 aliphatic carbocycles. The molecule has 2 aromatic heterocycles. The number of piperidine rings is 1. The van der Waals surface area contributed by atoms with Crippen LogP contribution >= 0.6 is 0 Å². The number of ether oxygens (including phenoxy) is 1. The standard InChI is InChI=1S/C19H18FN3O3/c20-15-7-1-2-8-16(15)25-12-13-5-4-10-23(11-13)19(24)17-14-6-3-9-21-18(14)22-26-17/h1-3,6-9,13H,4-5,10-12H2. The second-order valence-electron chi connectivity index (χ2n) is 6.39. The van der Waals surface area contributed by atoms with Crippen LogP contribution in [0.25, 0.3) is 11.0 Å². The molecule has 1 amide bonds. The first-order chi connectivity index (χ1) is 12.7. The van der Waals surface area contributed by atoms with E-state index in [0.717, 1.165) is 12.8 Å². The third-order valence-corrected chi connectivity index (χ3v) is 4.57. The van der Waals surface area contributed by atoms with Gasteiger partial charge in [-0.15, -0.1) is 0 Å². The largest absolute Gasteiger partial charge is 0.490 e. The molecular formula is C19H18FN3O3. The summed E-state index contributed by atoms with van der Waals surface area (Å²) in [5.74, 6) is 0.0135. The number of aromatic nitrogens is 2. The number of rotatable bonds is 4. The van der Waals surface area contributed by atoms with Gasteiger partial charge in [0, 0.05) is 25.2 Å². The van der Waals surface area contributed by atoms with E-state index >= 15 is 0 Å². The Morgan fingerprint density at radius 1 is 1.31 bits per heavy atom. The Kier molecular flexibility index (Phi) is 4.51. The lowest BCUT2D eigenvalue weighted by atomic mass is 9.98. The van der Waals surface area contributed by atoms with Gasteiger partial charge in [0.25, 0.3) is 5.91 Å². The van der Waals surface area contributed by atoms with E-state index in [-0.39, 0.29) is 29.2 Å². The van der Waals surface area contributed by atoms with Crippen molar-refractivity contribution in [1.82, 2.24) is 15.0 Å². The second kappa shape index (κ2) is 7.11. The van der Waals surface area contributed by atoms with Gasteiger partial charge in [-0.05, 0) is 37.1 Å². The number of carbonyl (C=O) groups is 1. The Balaban J connectivity index is 1.43. The molecule has 4 rings (SSSR count). The molecular weight excluding hydrogens is 337 g/mol. The number of halogens is 1. The SMILES string of the molecule is O=C(c1onc2ncccc12)N1CCCC(COc2ccccc2F)C1. The highest BCUT2D eigenvalue weighted by Crippen LogP contribution is 2.24. The van der Waals surface area contributed by atoms with Gasteiger partial charge in [0.2, 0.25) is 11.4 Å². The summed E-state index contributed by atoms with van der Waals surface area (Å²) in [6, 6.07) is 9.86. The van der Waals surface area contributed by atoms with Crippen LogP contribution in [0.1, 0.15) is 23.4 Å². The molecule has 1 aliphatic rings. The van der Waals surface area contributed by atoms with Crippen molar-refractivity contribution in [2.24, 2.45) is 5.92 Å². The quantitative estimate of drug-likeness (QED) is 0.718. The number of hydrogen-bond acceptors (Lipinski definition) is 5. The average Bonchev–Trinajstić information content (AvgIpc) is 3.11. The summed E-state index contributed by atoms with van der Waals surface area (Å²) in [5.41, 5.74) is 0.423. The van der Waals surface area contributed by atoms with Crippen molar-refractivity contribution in [1.29, 1.82) is 0 Å². The number of nitrogens with zero attached hydrogens (tertiary/aromatic N) is 3. The van der Waals surface area contributed by atoms with Gasteiger partial charge in [-0.3, -0.25) is 4.79 Å². The fourth-order valence-corrected chi connectivity index (χ4v) is 3.24. The molecule has 0 bridgehead atoms. The van der Waals surface area contributed by atoms with Gasteiger partial charge in [0.05, 0.1) is 12.0 Å². The van der Waals surface area contributed by atoms with Crippen molar-refractivity contribution in [3.8, 4) is 5.75 Å². The zero-order valence-corrected chi connectivity index (χ0v) is 14.1. The molecule has 7 heteroatoms. The normalized spacial score (nSPS) is 17.4. The third-order valence-electron chi connectivity index (χ3n) is 4.57. The molecule has 1 unspecified atom stereocenters. The first kappa shape index (κ1) is 16.5. The first-order valence-corrected chi connectivity index (χ1v) is 8.59. The lowest BCUT2D eigenvalue weighted by Gasteiger charge is -2.32. The van der Waals surface area contributed by atoms with Crippen LogP contribution in [-0.4, -0.2) is 40.6 Å². The number of hydrogen-bond donors (Lipinski definition) is 0. The molecule has 0 N–H and O–H groups in total. The summed E-state index contributed by atoms with van der Waals surface area (Å²) < 4.78 is 24.5. The number of amides is 1. The Labute approximate surface area is 149 Å². The number of likely N-dealkylation sites (tertiary alicyclic amines) is 1. The van der Waals surface area contributed by atoms with Crippen molar-refractivity contribution >= 4 is 16.9 Å². The molecule has 134 valence electrons. The van der Waals surface area contributed by atoms with E-state index < -0.39 is 0 Å². The van der Waals surface area contributed by atoms with Crippen molar-refractivity contribution in [3.05, 3.63) is 54.2 Å². The van der Waals surface area contributed by atoms with Crippen LogP contribution < -0.4 is 4.74 Å². The molecule has 1 saturated heterocycles. The van der Waals surface area contributed by atoms with Crippen molar-refractivity contribution in [2.45, 2.75) is 12.8 Å². The van der Waals surface area contributed by atoms with Crippen LogP contribution in [0.3, 0.4) is 0 Å². The smallest absolute Gasteiger partial charge is 0.293 e. The Bertz CT molecular complexity index is 927. The van der Waals surface area contributed by atoms with Gasteiger partial charge in [0.15, 0.2) is 11.6 Å². The van der Waals surface area contributed by atoms with E-state index in [0.29, 0.717) is 30.7 Å². The highest BCUT2D eigenvalue weighted by Gasteiger charge is 2.28. The monoisotopic (exact) mass is 355 g/mol. The minimum Gasteiger partial charge on any atom is -0.490 e. The molecule has 0 radical (unpaired) electrons. The molecule has 3 heterocycles. The van der Waals surface area contributed by atoms with Crippen LogP contribution in [0, 0.1) is 11.7 Å². The molecule has 1 aliphatic heterocycles. The van der Waals surface area contributed by atoms with E-state index in [1.54, 1.807) is 41.4 Å². The highest BCUT2D eigenvalue weighted by molar-refractivity contribution is 6.02. The highest BCUT2D eigenvalue weighted by atomic mass is 19.1. The van der Waals surface area contributed by atoms with Crippen LogP contribution in [0.5, 0.6) is 5.75 Å². The fraction of sp³-hybridized carbons (Fsp3) is 0.316. The summed E-state index contributed by atoms with van der Waals surface area (Å²) in [6.45, 7) is 1.55. The van der Waals surface area contributed by atoms with Crippen molar-refractivity contribution in [2.75, 3.05) is 19.7 Å². The minimum absolute atomic E-state index is 0.139. The average molecular weight is 355 g/mol. The Morgan fingerprint density at radius 2 is 2.19 bits per heavy atom. The lowest BCUT2D eigenvalue weighted by molar-refractivity contribution is 0.0594. The Morgan fingerprint density at radius 3 is 3.08 bits per heavy atom. The molecule has 0 spiro atoms. The van der Waals surface area contributed by atoms with E-state index in [4.69, 9.17) is 9.26 Å². The van der Waals surface area contributed by atoms with Gasteiger partial charge in [0.1, 0.15) is 0 Å². The summed E-state index contributed by atoms with van der Waals surface area (Å²) in [4.78, 5) is 18.6. The summed E-state index contributed by atoms with van der Waals surface area (Å²) >= 11 is 0. The van der Waals surface area contributed by atoms with E-state index in [1.807, 2.05) is 0 Å². The maximum absolute atomic E-state index is 13.7. The van der Waals surface area contributed by atoms with E-state index in [9.17, 15) is 9.18 Å². The number of fused-ring (bicyclic) bond motifs is 1. The second-order valence-corrected chi connectivity index (χ2v) is 6.39. The van der Waals surface area contributed by atoms with Gasteiger partial charge >= 0.3 is 0 Å². The molecule has 0 saturated carbocycles. The van der Waals surface area contributed by atoms with Crippen LogP contribution in [0.15, 0.2) is 47.1 Å².